The maximum absolute atomic E-state index is 13.0. The van der Waals surface area contributed by atoms with E-state index in [2.05, 4.69) is 4.74 Å². The molecule has 0 heterocycles. The third kappa shape index (κ3) is 2.62. The summed E-state index contributed by atoms with van der Waals surface area (Å²) in [7, 11) is 0. The first kappa shape index (κ1) is 11.8. The van der Waals surface area contributed by atoms with Crippen LogP contribution in [0.5, 0.6) is 0 Å². The van der Waals surface area contributed by atoms with Crippen molar-refractivity contribution < 1.29 is 22.7 Å². The summed E-state index contributed by atoms with van der Waals surface area (Å²) in [4.78, 5) is 11.1. The van der Waals surface area contributed by atoms with E-state index in [-0.39, 0.29) is 12.5 Å². The smallest absolute Gasteiger partial charge is 0.341 e. The summed E-state index contributed by atoms with van der Waals surface area (Å²) < 4.78 is 42.6. The van der Waals surface area contributed by atoms with Crippen LogP contribution in [0.1, 0.15) is 10.4 Å². The van der Waals surface area contributed by atoms with Crippen LogP contribution in [0.25, 0.3) is 0 Å². The molecule has 0 amide bonds. The van der Waals surface area contributed by atoms with Crippen molar-refractivity contribution in [3.05, 3.63) is 35.1 Å². The monoisotopic (exact) mass is 238 g/mol. The molecule has 1 rings (SSSR count). The van der Waals surface area contributed by atoms with Gasteiger partial charge in [0.1, 0.15) is 6.61 Å². The molecular formula is C9H6ClF3O2. The van der Waals surface area contributed by atoms with Gasteiger partial charge < -0.3 is 4.74 Å². The molecule has 0 spiro atoms. The third-order valence-corrected chi connectivity index (χ3v) is 1.72. The molecule has 0 fully saturated rings. The first-order chi connectivity index (χ1) is 7.07. The van der Waals surface area contributed by atoms with Crippen molar-refractivity contribution in [3.8, 4) is 0 Å². The molecule has 1 aromatic carbocycles. The molecule has 0 aromatic heterocycles. The van der Waals surface area contributed by atoms with Crippen molar-refractivity contribution in [2.24, 2.45) is 0 Å². The lowest BCUT2D eigenvalue weighted by atomic mass is 10.2. The van der Waals surface area contributed by atoms with Crippen molar-refractivity contribution in [1.29, 1.82) is 0 Å². The molecule has 0 aliphatic rings. The van der Waals surface area contributed by atoms with E-state index in [4.69, 9.17) is 11.6 Å². The van der Waals surface area contributed by atoms with E-state index in [9.17, 15) is 18.0 Å². The Kier molecular flexibility index (Phi) is 3.96. The molecule has 0 bridgehead atoms. The molecule has 0 saturated carbocycles. The molecule has 0 aliphatic carbocycles. The first-order valence-electron chi connectivity index (χ1n) is 3.94. The van der Waals surface area contributed by atoms with E-state index >= 15 is 0 Å². The van der Waals surface area contributed by atoms with Crippen LogP contribution in [0, 0.1) is 17.5 Å². The predicted octanol–water partition coefficient (Wildman–Crippen LogP) is 2.50. The number of hydrogen-bond donors (Lipinski definition) is 0. The standard InChI is InChI=1S/C9H6ClF3O2/c10-3-4-15-9(14)5-1-2-6(11)8(13)7(5)12/h1-2H,3-4H2. The second-order valence-electron chi connectivity index (χ2n) is 2.55. The zero-order chi connectivity index (χ0) is 11.4. The molecule has 0 unspecified atom stereocenters. The normalized spacial score (nSPS) is 10.1. The Labute approximate surface area is 88.6 Å². The average molecular weight is 239 g/mol. The summed E-state index contributed by atoms with van der Waals surface area (Å²) in [6.07, 6.45) is 0. The number of benzene rings is 1. The van der Waals surface area contributed by atoms with Gasteiger partial charge in [0.2, 0.25) is 0 Å². The van der Waals surface area contributed by atoms with Gasteiger partial charge in [0.05, 0.1) is 11.4 Å². The first-order valence-corrected chi connectivity index (χ1v) is 4.48. The lowest BCUT2D eigenvalue weighted by Gasteiger charge is -2.04. The number of carbonyl (C=O) groups is 1. The quantitative estimate of drug-likeness (QED) is 0.459. The van der Waals surface area contributed by atoms with Gasteiger partial charge in [0.25, 0.3) is 0 Å². The molecule has 6 heteroatoms. The Bertz CT molecular complexity index is 382. The number of rotatable bonds is 3. The van der Waals surface area contributed by atoms with Crippen molar-refractivity contribution in [1.82, 2.24) is 0 Å². The summed E-state index contributed by atoms with van der Waals surface area (Å²) in [6.45, 7) is -0.126. The molecule has 0 saturated heterocycles. The van der Waals surface area contributed by atoms with Crippen LogP contribution in [0.15, 0.2) is 12.1 Å². The number of halogens is 4. The molecule has 1 aromatic rings. The highest BCUT2D eigenvalue weighted by atomic mass is 35.5. The van der Waals surface area contributed by atoms with Crippen LogP contribution in [-0.2, 0) is 4.74 Å². The summed E-state index contributed by atoms with van der Waals surface area (Å²) in [5.41, 5.74) is -0.654. The Morgan fingerprint density at radius 1 is 1.27 bits per heavy atom. The highest BCUT2D eigenvalue weighted by molar-refractivity contribution is 6.18. The Morgan fingerprint density at radius 2 is 1.93 bits per heavy atom. The number of alkyl halides is 1. The van der Waals surface area contributed by atoms with E-state index in [1.807, 2.05) is 0 Å². The average Bonchev–Trinajstić information content (AvgIpc) is 2.23. The molecule has 0 atom stereocenters. The van der Waals surface area contributed by atoms with Crippen LogP contribution in [0.3, 0.4) is 0 Å². The van der Waals surface area contributed by atoms with Gasteiger partial charge in [0.15, 0.2) is 17.5 Å². The summed E-state index contributed by atoms with van der Waals surface area (Å²) in [5, 5.41) is 0. The second-order valence-corrected chi connectivity index (χ2v) is 2.93. The minimum Gasteiger partial charge on any atom is -0.461 e. The Morgan fingerprint density at radius 3 is 2.53 bits per heavy atom. The van der Waals surface area contributed by atoms with Crippen LogP contribution < -0.4 is 0 Å². The maximum Gasteiger partial charge on any atom is 0.341 e. The molecular weight excluding hydrogens is 233 g/mol. The number of ether oxygens (including phenoxy) is 1. The van der Waals surface area contributed by atoms with E-state index < -0.39 is 29.0 Å². The molecule has 82 valence electrons. The van der Waals surface area contributed by atoms with E-state index in [1.165, 1.54) is 0 Å². The van der Waals surface area contributed by atoms with Gasteiger partial charge in [-0.25, -0.2) is 18.0 Å². The van der Waals surface area contributed by atoms with Gasteiger partial charge >= 0.3 is 5.97 Å². The zero-order valence-electron chi connectivity index (χ0n) is 7.40. The number of esters is 1. The minimum absolute atomic E-state index is 0.0387. The number of hydrogen-bond acceptors (Lipinski definition) is 2. The molecule has 2 nitrogen and oxygen atoms in total. The number of carbonyl (C=O) groups excluding carboxylic acids is 1. The predicted molar refractivity (Wildman–Crippen MR) is 47.3 cm³/mol. The van der Waals surface area contributed by atoms with Crippen LogP contribution in [-0.4, -0.2) is 18.5 Å². The van der Waals surface area contributed by atoms with Crippen molar-refractivity contribution >= 4 is 17.6 Å². The Balaban J connectivity index is 2.95. The lowest BCUT2D eigenvalue weighted by molar-refractivity contribution is 0.0522. The van der Waals surface area contributed by atoms with Gasteiger partial charge in [0, 0.05) is 0 Å². The van der Waals surface area contributed by atoms with Crippen LogP contribution in [0.4, 0.5) is 13.2 Å². The van der Waals surface area contributed by atoms with E-state index in [0.29, 0.717) is 6.07 Å². The topological polar surface area (TPSA) is 26.3 Å². The highest BCUT2D eigenvalue weighted by Gasteiger charge is 2.19. The fourth-order valence-electron chi connectivity index (χ4n) is 0.893. The van der Waals surface area contributed by atoms with Crippen molar-refractivity contribution in [2.75, 3.05) is 12.5 Å². The highest BCUT2D eigenvalue weighted by Crippen LogP contribution is 2.15. The minimum atomic E-state index is -1.70. The van der Waals surface area contributed by atoms with Crippen LogP contribution >= 0.6 is 11.6 Å². The third-order valence-electron chi connectivity index (χ3n) is 1.57. The van der Waals surface area contributed by atoms with Gasteiger partial charge in [-0.05, 0) is 12.1 Å². The van der Waals surface area contributed by atoms with E-state index in [0.717, 1.165) is 6.07 Å². The molecule has 0 radical (unpaired) electrons. The Hall–Kier alpha value is -1.23. The summed E-state index contributed by atoms with van der Waals surface area (Å²) >= 11 is 5.22. The van der Waals surface area contributed by atoms with Gasteiger partial charge in [-0.2, -0.15) is 0 Å². The van der Waals surface area contributed by atoms with Crippen molar-refractivity contribution in [3.63, 3.8) is 0 Å². The van der Waals surface area contributed by atoms with Gasteiger partial charge in [-0.3, -0.25) is 0 Å². The van der Waals surface area contributed by atoms with Crippen LogP contribution in [0.2, 0.25) is 0 Å². The molecule has 15 heavy (non-hydrogen) atoms. The fraction of sp³-hybridized carbons (Fsp3) is 0.222. The largest absolute Gasteiger partial charge is 0.461 e. The summed E-state index contributed by atoms with van der Waals surface area (Å²) in [6, 6.07) is 1.46. The second kappa shape index (κ2) is 5.02. The van der Waals surface area contributed by atoms with Gasteiger partial charge in [-0.15, -0.1) is 11.6 Å². The maximum atomic E-state index is 13.0. The van der Waals surface area contributed by atoms with Gasteiger partial charge in [-0.1, -0.05) is 0 Å². The van der Waals surface area contributed by atoms with Crippen molar-refractivity contribution in [2.45, 2.75) is 0 Å². The summed E-state index contributed by atoms with van der Waals surface area (Å²) in [5.74, 6) is -5.66. The van der Waals surface area contributed by atoms with E-state index in [1.54, 1.807) is 0 Å². The zero-order valence-corrected chi connectivity index (χ0v) is 8.15. The SMILES string of the molecule is O=C(OCCCl)c1ccc(F)c(F)c1F. The molecule has 0 aliphatic heterocycles. The lowest BCUT2D eigenvalue weighted by Crippen LogP contribution is -2.11. The molecule has 0 N–H and O–H groups in total. The fourth-order valence-corrected chi connectivity index (χ4v) is 0.970.